The minimum atomic E-state index is -0.258. The molecule has 2 aliphatic rings. The van der Waals surface area contributed by atoms with Gasteiger partial charge in [-0.15, -0.1) is 0 Å². The van der Waals surface area contributed by atoms with Crippen molar-refractivity contribution in [3.05, 3.63) is 41.4 Å². The molecule has 3 rings (SSSR count). The van der Waals surface area contributed by atoms with E-state index in [9.17, 15) is 0 Å². The number of nitrogens with zero attached hydrogens (tertiary/aromatic N) is 1. The highest BCUT2D eigenvalue weighted by Gasteiger charge is 2.52. The van der Waals surface area contributed by atoms with Crippen molar-refractivity contribution in [1.82, 2.24) is 0 Å². The monoisotopic (exact) mass is 299 g/mol. The summed E-state index contributed by atoms with van der Waals surface area (Å²) in [5, 5.41) is 0. The molecular formula is C18H26BNO2. The molecule has 1 fully saturated rings. The molecule has 2 aliphatic heterocycles. The van der Waals surface area contributed by atoms with E-state index in [1.54, 1.807) is 0 Å². The van der Waals surface area contributed by atoms with Crippen LogP contribution in [-0.2, 0) is 9.31 Å². The molecule has 0 aromatic heterocycles. The number of hydrogen-bond acceptors (Lipinski definition) is 3. The molecule has 3 nitrogen and oxygen atoms in total. The third-order valence-electron chi connectivity index (χ3n) is 5.17. The summed E-state index contributed by atoms with van der Waals surface area (Å²) in [6.45, 7) is 12.5. The van der Waals surface area contributed by atoms with Gasteiger partial charge in [-0.05, 0) is 64.2 Å². The standard InChI is InChI=1S/C18H26BNO2/c1-14-7-6-8-16(13-14)20-11-9-15(10-12-20)19-21-17(2,3)18(4,5)22-19/h6-9,13H,10-12H2,1-5H3. The average Bonchev–Trinajstić information content (AvgIpc) is 2.68. The molecule has 0 bridgehead atoms. The first-order valence-electron chi connectivity index (χ1n) is 8.15. The highest BCUT2D eigenvalue weighted by molar-refractivity contribution is 6.54. The van der Waals surface area contributed by atoms with Gasteiger partial charge in [0.05, 0.1) is 11.2 Å². The van der Waals surface area contributed by atoms with Crippen LogP contribution in [0.4, 0.5) is 5.69 Å². The summed E-state index contributed by atoms with van der Waals surface area (Å²) in [6, 6.07) is 8.69. The Morgan fingerprint density at radius 3 is 2.32 bits per heavy atom. The Morgan fingerprint density at radius 2 is 1.77 bits per heavy atom. The van der Waals surface area contributed by atoms with E-state index in [2.05, 4.69) is 69.9 Å². The number of aryl methyl sites for hydroxylation is 1. The first-order chi connectivity index (χ1) is 10.3. The maximum Gasteiger partial charge on any atom is 0.490 e. The highest BCUT2D eigenvalue weighted by Crippen LogP contribution is 2.39. The van der Waals surface area contributed by atoms with Gasteiger partial charge < -0.3 is 14.2 Å². The second kappa shape index (κ2) is 5.43. The summed E-state index contributed by atoms with van der Waals surface area (Å²) in [5.74, 6) is 0. The van der Waals surface area contributed by atoms with E-state index < -0.39 is 0 Å². The van der Waals surface area contributed by atoms with Crippen molar-refractivity contribution in [1.29, 1.82) is 0 Å². The molecule has 0 amide bonds. The Labute approximate surface area is 134 Å². The van der Waals surface area contributed by atoms with Crippen molar-refractivity contribution >= 4 is 12.8 Å². The summed E-state index contributed by atoms with van der Waals surface area (Å²) in [4.78, 5) is 2.40. The number of benzene rings is 1. The van der Waals surface area contributed by atoms with Crippen molar-refractivity contribution in [2.75, 3.05) is 18.0 Å². The summed E-state index contributed by atoms with van der Waals surface area (Å²) in [5.41, 5.74) is 3.36. The molecule has 1 saturated heterocycles. The Kier molecular flexibility index (Phi) is 3.86. The molecule has 0 unspecified atom stereocenters. The van der Waals surface area contributed by atoms with Crippen molar-refractivity contribution in [2.45, 2.75) is 52.2 Å². The van der Waals surface area contributed by atoms with Crippen LogP contribution in [0, 0.1) is 6.92 Å². The fourth-order valence-corrected chi connectivity index (χ4v) is 2.95. The van der Waals surface area contributed by atoms with E-state index in [1.807, 2.05) is 0 Å². The van der Waals surface area contributed by atoms with E-state index >= 15 is 0 Å². The molecule has 1 aromatic rings. The van der Waals surface area contributed by atoms with E-state index in [4.69, 9.17) is 9.31 Å². The lowest BCUT2D eigenvalue weighted by molar-refractivity contribution is 0.00578. The second-order valence-corrected chi connectivity index (χ2v) is 7.40. The minimum Gasteiger partial charge on any atom is -0.400 e. The second-order valence-electron chi connectivity index (χ2n) is 7.40. The van der Waals surface area contributed by atoms with Crippen LogP contribution in [0.2, 0.25) is 0 Å². The van der Waals surface area contributed by atoms with Gasteiger partial charge >= 0.3 is 7.12 Å². The Bertz CT molecular complexity index is 579. The molecule has 2 heterocycles. The molecule has 0 radical (unpaired) electrons. The molecule has 0 N–H and O–H groups in total. The molecule has 0 atom stereocenters. The predicted octanol–water partition coefficient (Wildman–Crippen LogP) is 3.76. The van der Waals surface area contributed by atoms with Crippen LogP contribution in [0.1, 0.15) is 39.7 Å². The van der Waals surface area contributed by atoms with Crippen LogP contribution in [0.3, 0.4) is 0 Å². The largest absolute Gasteiger partial charge is 0.490 e. The smallest absolute Gasteiger partial charge is 0.400 e. The van der Waals surface area contributed by atoms with E-state index in [0.717, 1.165) is 19.5 Å². The molecule has 1 aromatic carbocycles. The topological polar surface area (TPSA) is 21.7 Å². The number of rotatable bonds is 2. The third kappa shape index (κ3) is 2.82. The van der Waals surface area contributed by atoms with Gasteiger partial charge in [0.25, 0.3) is 0 Å². The van der Waals surface area contributed by atoms with Gasteiger partial charge in [0.2, 0.25) is 0 Å². The van der Waals surface area contributed by atoms with Crippen LogP contribution >= 0.6 is 0 Å². The van der Waals surface area contributed by atoms with E-state index in [-0.39, 0.29) is 18.3 Å². The fraction of sp³-hybridized carbons (Fsp3) is 0.556. The van der Waals surface area contributed by atoms with Crippen LogP contribution in [0.15, 0.2) is 35.8 Å². The summed E-state index contributed by atoms with van der Waals surface area (Å²) in [7, 11) is -0.190. The third-order valence-corrected chi connectivity index (χ3v) is 5.17. The van der Waals surface area contributed by atoms with Crippen molar-refractivity contribution in [3.63, 3.8) is 0 Å². The summed E-state index contributed by atoms with van der Waals surface area (Å²) in [6.07, 6.45) is 3.26. The Hall–Kier alpha value is -1.26. The zero-order chi connectivity index (χ0) is 16.0. The number of hydrogen-bond donors (Lipinski definition) is 0. The lowest BCUT2D eigenvalue weighted by Gasteiger charge is -2.32. The summed E-state index contributed by atoms with van der Waals surface area (Å²) < 4.78 is 12.3. The minimum absolute atomic E-state index is 0.190. The molecule has 118 valence electrons. The molecule has 0 spiro atoms. The average molecular weight is 299 g/mol. The molecule has 22 heavy (non-hydrogen) atoms. The van der Waals surface area contributed by atoms with Gasteiger partial charge in [-0.25, -0.2) is 0 Å². The quantitative estimate of drug-likeness (QED) is 0.776. The van der Waals surface area contributed by atoms with Gasteiger partial charge in [0.15, 0.2) is 0 Å². The van der Waals surface area contributed by atoms with Gasteiger partial charge in [-0.3, -0.25) is 0 Å². The molecule has 0 saturated carbocycles. The fourth-order valence-electron chi connectivity index (χ4n) is 2.95. The van der Waals surface area contributed by atoms with Gasteiger partial charge in [0, 0.05) is 18.8 Å². The first kappa shape index (κ1) is 15.6. The molecule has 4 heteroatoms. The summed E-state index contributed by atoms with van der Waals surface area (Å²) >= 11 is 0. The first-order valence-corrected chi connectivity index (χ1v) is 8.15. The molecular weight excluding hydrogens is 273 g/mol. The van der Waals surface area contributed by atoms with Crippen LogP contribution < -0.4 is 4.90 Å². The van der Waals surface area contributed by atoms with Gasteiger partial charge in [0.1, 0.15) is 0 Å². The van der Waals surface area contributed by atoms with Crippen LogP contribution in [0.25, 0.3) is 0 Å². The predicted molar refractivity (Wildman–Crippen MR) is 92.2 cm³/mol. The van der Waals surface area contributed by atoms with Crippen LogP contribution in [-0.4, -0.2) is 31.4 Å². The van der Waals surface area contributed by atoms with Crippen molar-refractivity contribution in [3.8, 4) is 0 Å². The van der Waals surface area contributed by atoms with Crippen molar-refractivity contribution < 1.29 is 9.31 Å². The maximum absolute atomic E-state index is 6.15. The van der Waals surface area contributed by atoms with Crippen molar-refractivity contribution in [2.24, 2.45) is 0 Å². The SMILES string of the molecule is Cc1cccc(N2CC=C(B3OC(C)(C)C(C)(C)O3)CC2)c1. The Balaban J connectivity index is 1.70. The number of anilines is 1. The molecule has 0 aliphatic carbocycles. The van der Waals surface area contributed by atoms with Gasteiger partial charge in [-0.2, -0.15) is 0 Å². The normalized spacial score (nSPS) is 23.6. The zero-order valence-corrected chi connectivity index (χ0v) is 14.3. The maximum atomic E-state index is 6.15. The van der Waals surface area contributed by atoms with Gasteiger partial charge in [-0.1, -0.05) is 18.2 Å². The Morgan fingerprint density at radius 1 is 1.09 bits per heavy atom. The zero-order valence-electron chi connectivity index (χ0n) is 14.3. The van der Waals surface area contributed by atoms with Crippen LogP contribution in [0.5, 0.6) is 0 Å². The van der Waals surface area contributed by atoms with E-state index in [0.29, 0.717) is 0 Å². The highest BCUT2D eigenvalue weighted by atomic mass is 16.7. The van der Waals surface area contributed by atoms with E-state index in [1.165, 1.54) is 16.7 Å². The lowest BCUT2D eigenvalue weighted by Crippen LogP contribution is -2.41. The lowest BCUT2D eigenvalue weighted by atomic mass is 9.74.